The number of hydrogen-bond acceptors (Lipinski definition) is 4. The zero-order valence-corrected chi connectivity index (χ0v) is 10.1. The molecule has 0 aliphatic heterocycles. The molecule has 0 saturated heterocycles. The Hall–Kier alpha value is -1.88. The molecule has 100 valence electrons. The van der Waals surface area contributed by atoms with Gasteiger partial charge >= 0.3 is 0 Å². The second kappa shape index (κ2) is 23.7. The summed E-state index contributed by atoms with van der Waals surface area (Å²) < 4.78 is 18.9. The smallest absolute Gasteiger partial charge is 0.121 e. The van der Waals surface area contributed by atoms with Gasteiger partial charge in [0.05, 0.1) is 25.0 Å². The molecule has 0 aromatic heterocycles. The van der Waals surface area contributed by atoms with Gasteiger partial charge in [0.25, 0.3) is 0 Å². The van der Waals surface area contributed by atoms with Crippen molar-refractivity contribution in [2.24, 2.45) is 0 Å². The van der Waals surface area contributed by atoms with E-state index in [1.165, 1.54) is 25.0 Å². The van der Waals surface area contributed by atoms with Gasteiger partial charge in [-0.25, -0.2) is 0 Å². The minimum atomic E-state index is 0. The van der Waals surface area contributed by atoms with E-state index in [0.29, 0.717) is 26.4 Å². The van der Waals surface area contributed by atoms with Crippen LogP contribution in [0.5, 0.6) is 0 Å². The van der Waals surface area contributed by atoms with Crippen molar-refractivity contribution in [3.63, 3.8) is 0 Å². The third kappa shape index (κ3) is 31.5. The second-order valence-electron chi connectivity index (χ2n) is 2.15. The van der Waals surface area contributed by atoms with Gasteiger partial charge in [-0.3, -0.25) is 0 Å². The maximum atomic E-state index is 4.73. The first kappa shape index (κ1) is 20.5. The minimum absolute atomic E-state index is 0. The molecule has 0 aromatic carbocycles. The van der Waals surface area contributed by atoms with Gasteiger partial charge in [-0.15, -0.1) is 0 Å². The van der Waals surface area contributed by atoms with Crippen LogP contribution in [0.25, 0.3) is 0 Å². The third-order valence-corrected chi connectivity index (χ3v) is 1.11. The van der Waals surface area contributed by atoms with Gasteiger partial charge in [-0.1, -0.05) is 26.3 Å². The summed E-state index contributed by atoms with van der Waals surface area (Å²) in [5, 5.41) is 0. The molecule has 0 unspecified atom stereocenters. The summed E-state index contributed by atoms with van der Waals surface area (Å²) in [6.45, 7) is 15.6. The summed E-state index contributed by atoms with van der Waals surface area (Å²) in [5.41, 5.74) is 0. The van der Waals surface area contributed by atoms with Crippen molar-refractivity contribution in [1.82, 2.24) is 0 Å². The molecule has 0 saturated carbocycles. The average molecular weight is 246 g/mol. The second-order valence-corrected chi connectivity index (χ2v) is 2.15. The summed E-state index contributed by atoms with van der Waals surface area (Å²) in [4.78, 5) is 0. The maximum absolute atomic E-state index is 4.73. The highest BCUT2D eigenvalue weighted by molar-refractivity contribution is 4.51. The summed E-state index contributed by atoms with van der Waals surface area (Å²) in [7, 11) is 0. The standard InChI is InChI=1S/2C6H10O2.H2O/c2*1-3-7-5-6-8-4-2;/h2*3-4H,1-2,5-6H2;1H2. The van der Waals surface area contributed by atoms with Crippen LogP contribution in [-0.2, 0) is 18.9 Å². The summed E-state index contributed by atoms with van der Waals surface area (Å²) in [6.07, 6.45) is 5.53. The molecular formula is C12H22O5. The highest BCUT2D eigenvalue weighted by Gasteiger charge is 1.77. The lowest BCUT2D eigenvalue weighted by molar-refractivity contribution is 0.151. The molecule has 0 atom stereocenters. The zero-order chi connectivity index (χ0) is 12.5. The van der Waals surface area contributed by atoms with Crippen LogP contribution < -0.4 is 0 Å². The Bertz CT molecular complexity index is 140. The monoisotopic (exact) mass is 246 g/mol. The summed E-state index contributed by atoms with van der Waals surface area (Å²) in [5.74, 6) is 0. The molecule has 0 heterocycles. The lowest BCUT2D eigenvalue weighted by atomic mass is 10.8. The van der Waals surface area contributed by atoms with E-state index in [0.717, 1.165) is 0 Å². The molecule has 0 aliphatic rings. The number of ether oxygens (including phenoxy) is 4. The molecule has 0 aliphatic carbocycles. The van der Waals surface area contributed by atoms with Crippen LogP contribution in [0.4, 0.5) is 0 Å². The van der Waals surface area contributed by atoms with E-state index in [1.54, 1.807) is 0 Å². The van der Waals surface area contributed by atoms with E-state index in [2.05, 4.69) is 26.3 Å². The largest absolute Gasteiger partial charge is 0.498 e. The molecule has 0 rings (SSSR count). The summed E-state index contributed by atoms with van der Waals surface area (Å²) >= 11 is 0. The van der Waals surface area contributed by atoms with Crippen LogP contribution in [0.3, 0.4) is 0 Å². The molecule has 0 fully saturated rings. The van der Waals surface area contributed by atoms with Crippen LogP contribution in [0.1, 0.15) is 0 Å². The molecular weight excluding hydrogens is 224 g/mol. The molecule has 0 aromatic rings. The van der Waals surface area contributed by atoms with Gasteiger partial charge in [-0.05, 0) is 0 Å². The zero-order valence-electron chi connectivity index (χ0n) is 10.1. The van der Waals surface area contributed by atoms with E-state index in [1.807, 2.05) is 0 Å². The van der Waals surface area contributed by atoms with Crippen LogP contribution in [-0.4, -0.2) is 31.9 Å². The Labute approximate surface area is 103 Å². The van der Waals surface area contributed by atoms with E-state index in [4.69, 9.17) is 18.9 Å². The third-order valence-electron chi connectivity index (χ3n) is 1.11. The Balaban J connectivity index is -0.000000218. The number of rotatable bonds is 10. The van der Waals surface area contributed by atoms with Crippen molar-refractivity contribution in [3.8, 4) is 0 Å². The molecule has 5 nitrogen and oxygen atoms in total. The van der Waals surface area contributed by atoms with Crippen molar-refractivity contribution in [2.75, 3.05) is 26.4 Å². The van der Waals surface area contributed by atoms with E-state index >= 15 is 0 Å². The van der Waals surface area contributed by atoms with Crippen molar-refractivity contribution in [3.05, 3.63) is 51.4 Å². The van der Waals surface area contributed by atoms with Crippen molar-refractivity contribution in [1.29, 1.82) is 0 Å². The SMILES string of the molecule is C=COCCOC=C.C=COCCOC=C.O. The molecule has 0 bridgehead atoms. The maximum Gasteiger partial charge on any atom is 0.121 e. The minimum Gasteiger partial charge on any atom is -0.498 e. The Morgan fingerprint density at radius 2 is 0.706 bits per heavy atom. The van der Waals surface area contributed by atoms with Gasteiger partial charge in [-0.2, -0.15) is 0 Å². The Morgan fingerprint density at radius 3 is 0.824 bits per heavy atom. The molecule has 5 heteroatoms. The summed E-state index contributed by atoms with van der Waals surface area (Å²) in [6, 6.07) is 0. The molecule has 0 spiro atoms. The fraction of sp³-hybridized carbons (Fsp3) is 0.333. The Kier molecular flexibility index (Phi) is 28.6. The van der Waals surface area contributed by atoms with Gasteiger partial charge in [0, 0.05) is 0 Å². The van der Waals surface area contributed by atoms with Crippen LogP contribution >= 0.6 is 0 Å². The highest BCUT2D eigenvalue weighted by atomic mass is 16.5. The molecule has 2 N–H and O–H groups in total. The van der Waals surface area contributed by atoms with Crippen LogP contribution in [0.15, 0.2) is 51.4 Å². The van der Waals surface area contributed by atoms with Gasteiger partial charge in [0.2, 0.25) is 0 Å². The molecule has 0 amide bonds. The first-order chi connectivity index (χ1) is 7.83. The molecule has 17 heavy (non-hydrogen) atoms. The fourth-order valence-electron chi connectivity index (χ4n) is 0.526. The van der Waals surface area contributed by atoms with E-state index in [-0.39, 0.29) is 5.48 Å². The fourth-order valence-corrected chi connectivity index (χ4v) is 0.526. The lowest BCUT2D eigenvalue weighted by Crippen LogP contribution is -1.95. The average Bonchev–Trinajstić information content (AvgIpc) is 2.31. The van der Waals surface area contributed by atoms with Crippen molar-refractivity contribution >= 4 is 0 Å². The Morgan fingerprint density at radius 1 is 0.529 bits per heavy atom. The lowest BCUT2D eigenvalue weighted by Gasteiger charge is -1.97. The van der Waals surface area contributed by atoms with Crippen molar-refractivity contribution < 1.29 is 24.4 Å². The van der Waals surface area contributed by atoms with Gasteiger partial charge in [0.15, 0.2) is 0 Å². The van der Waals surface area contributed by atoms with Gasteiger partial charge in [0.1, 0.15) is 26.4 Å². The predicted molar refractivity (Wildman–Crippen MR) is 68.2 cm³/mol. The predicted octanol–water partition coefficient (Wildman–Crippen LogP) is 1.79. The van der Waals surface area contributed by atoms with E-state index < -0.39 is 0 Å². The van der Waals surface area contributed by atoms with Crippen molar-refractivity contribution in [2.45, 2.75) is 0 Å². The van der Waals surface area contributed by atoms with Crippen LogP contribution in [0.2, 0.25) is 0 Å². The molecule has 0 radical (unpaired) electrons. The van der Waals surface area contributed by atoms with Crippen LogP contribution in [0, 0.1) is 0 Å². The number of hydrogen-bond donors (Lipinski definition) is 0. The van der Waals surface area contributed by atoms with E-state index in [9.17, 15) is 0 Å². The van der Waals surface area contributed by atoms with Gasteiger partial charge < -0.3 is 24.4 Å². The topological polar surface area (TPSA) is 68.4 Å². The quantitative estimate of drug-likeness (QED) is 0.435. The highest BCUT2D eigenvalue weighted by Crippen LogP contribution is 1.77. The normalized spacial score (nSPS) is 7.06. The first-order valence-electron chi connectivity index (χ1n) is 4.73. The first-order valence-corrected chi connectivity index (χ1v) is 4.73.